The quantitative estimate of drug-likeness (QED) is 0.845. The molecule has 0 radical (unpaired) electrons. The highest BCUT2D eigenvalue weighted by molar-refractivity contribution is 5.15. The van der Waals surface area contributed by atoms with Gasteiger partial charge in [-0.05, 0) is 18.4 Å². The van der Waals surface area contributed by atoms with Gasteiger partial charge in [0.05, 0.1) is 6.10 Å². The Labute approximate surface area is 103 Å². The molecule has 1 saturated heterocycles. The predicted molar refractivity (Wildman–Crippen MR) is 68.6 cm³/mol. The molecule has 1 aliphatic carbocycles. The number of rotatable bonds is 2. The Kier molecular flexibility index (Phi) is 2.93. The lowest BCUT2D eigenvalue weighted by atomic mass is 9.83. The molecule has 1 heterocycles. The number of aliphatic hydroxyl groups is 1. The summed E-state index contributed by atoms with van der Waals surface area (Å²) in [6.07, 6.45) is 4.94. The van der Waals surface area contributed by atoms with Gasteiger partial charge in [-0.3, -0.25) is 4.90 Å². The van der Waals surface area contributed by atoms with Crippen molar-refractivity contribution in [2.75, 3.05) is 13.1 Å². The van der Waals surface area contributed by atoms with Crippen molar-refractivity contribution in [1.29, 1.82) is 0 Å². The van der Waals surface area contributed by atoms with E-state index in [0.29, 0.717) is 0 Å². The van der Waals surface area contributed by atoms with E-state index in [1.54, 1.807) is 0 Å². The highest BCUT2D eigenvalue weighted by atomic mass is 16.3. The Morgan fingerprint density at radius 1 is 1.18 bits per heavy atom. The average molecular weight is 231 g/mol. The van der Waals surface area contributed by atoms with Crippen LogP contribution in [0, 0.1) is 5.41 Å². The first-order chi connectivity index (χ1) is 8.28. The molecular weight excluding hydrogens is 210 g/mol. The third-order valence-corrected chi connectivity index (χ3v) is 4.52. The molecule has 0 amide bonds. The summed E-state index contributed by atoms with van der Waals surface area (Å²) in [5.74, 6) is 0. The second kappa shape index (κ2) is 4.43. The number of β-amino-alcohol motifs (C(OH)–C–C–N with tert-alkyl or cyclic N) is 1. The summed E-state index contributed by atoms with van der Waals surface area (Å²) in [5.41, 5.74) is 1.59. The fourth-order valence-corrected chi connectivity index (χ4v) is 3.59. The van der Waals surface area contributed by atoms with Crippen molar-refractivity contribution in [1.82, 2.24) is 4.90 Å². The van der Waals surface area contributed by atoms with Crippen LogP contribution in [0.15, 0.2) is 30.3 Å². The van der Waals surface area contributed by atoms with Crippen LogP contribution < -0.4 is 0 Å². The molecule has 1 atom stereocenters. The van der Waals surface area contributed by atoms with Crippen molar-refractivity contribution in [3.63, 3.8) is 0 Å². The van der Waals surface area contributed by atoms with Crippen LogP contribution in [0.4, 0.5) is 0 Å². The molecule has 2 fully saturated rings. The standard InChI is InChI=1S/C15H21NO/c17-14-11-16(10-13-6-2-1-3-7-13)12-15(14)8-4-5-9-15/h1-3,6-7,14,17H,4-5,8-12H2/t14-/m0/s1. The summed E-state index contributed by atoms with van der Waals surface area (Å²) in [4.78, 5) is 2.42. The Morgan fingerprint density at radius 2 is 1.88 bits per heavy atom. The van der Waals surface area contributed by atoms with Gasteiger partial charge < -0.3 is 5.11 Å². The van der Waals surface area contributed by atoms with E-state index < -0.39 is 0 Å². The Hall–Kier alpha value is -0.860. The lowest BCUT2D eigenvalue weighted by molar-refractivity contribution is 0.0742. The normalized spacial score (nSPS) is 27.9. The molecule has 2 heteroatoms. The van der Waals surface area contributed by atoms with Gasteiger partial charge in [-0.2, -0.15) is 0 Å². The molecule has 92 valence electrons. The van der Waals surface area contributed by atoms with E-state index >= 15 is 0 Å². The first-order valence-corrected chi connectivity index (χ1v) is 6.73. The summed E-state index contributed by atoms with van der Waals surface area (Å²) in [7, 11) is 0. The first-order valence-electron chi connectivity index (χ1n) is 6.73. The second-order valence-corrected chi connectivity index (χ2v) is 5.74. The molecule has 1 spiro atoms. The van der Waals surface area contributed by atoms with E-state index in [2.05, 4.69) is 35.2 Å². The molecule has 2 aliphatic rings. The fraction of sp³-hybridized carbons (Fsp3) is 0.600. The maximum Gasteiger partial charge on any atom is 0.0735 e. The molecule has 0 unspecified atom stereocenters. The van der Waals surface area contributed by atoms with Crippen LogP contribution in [0.1, 0.15) is 31.2 Å². The SMILES string of the molecule is O[C@H]1CN(Cc2ccccc2)CC12CCCC2. The largest absolute Gasteiger partial charge is 0.391 e. The lowest BCUT2D eigenvalue weighted by Gasteiger charge is -2.26. The minimum atomic E-state index is -0.103. The van der Waals surface area contributed by atoms with Crippen molar-refractivity contribution < 1.29 is 5.11 Å². The molecule has 1 N–H and O–H groups in total. The zero-order valence-electron chi connectivity index (χ0n) is 10.3. The van der Waals surface area contributed by atoms with E-state index in [9.17, 15) is 5.11 Å². The van der Waals surface area contributed by atoms with Gasteiger partial charge in [0.1, 0.15) is 0 Å². The molecule has 17 heavy (non-hydrogen) atoms. The monoisotopic (exact) mass is 231 g/mol. The summed E-state index contributed by atoms with van der Waals surface area (Å²) in [6, 6.07) is 10.6. The van der Waals surface area contributed by atoms with Gasteiger partial charge in [0.25, 0.3) is 0 Å². The van der Waals surface area contributed by atoms with Crippen molar-refractivity contribution in [3.8, 4) is 0 Å². The predicted octanol–water partition coefficient (Wildman–Crippen LogP) is 2.42. The zero-order chi connectivity index (χ0) is 11.7. The third kappa shape index (κ3) is 2.12. The minimum Gasteiger partial charge on any atom is -0.391 e. The fourth-order valence-electron chi connectivity index (χ4n) is 3.59. The van der Waals surface area contributed by atoms with Crippen LogP contribution in [0.3, 0.4) is 0 Å². The van der Waals surface area contributed by atoms with Gasteiger partial charge in [0, 0.05) is 25.0 Å². The van der Waals surface area contributed by atoms with Gasteiger partial charge in [0.15, 0.2) is 0 Å². The zero-order valence-corrected chi connectivity index (χ0v) is 10.3. The molecular formula is C15H21NO. The topological polar surface area (TPSA) is 23.5 Å². The Balaban J connectivity index is 1.67. The van der Waals surface area contributed by atoms with E-state index in [4.69, 9.17) is 0 Å². The van der Waals surface area contributed by atoms with E-state index in [-0.39, 0.29) is 11.5 Å². The van der Waals surface area contributed by atoms with Crippen LogP contribution in [-0.2, 0) is 6.54 Å². The van der Waals surface area contributed by atoms with Gasteiger partial charge >= 0.3 is 0 Å². The number of hydrogen-bond donors (Lipinski definition) is 1. The number of aliphatic hydroxyl groups excluding tert-OH is 1. The second-order valence-electron chi connectivity index (χ2n) is 5.74. The Bertz CT molecular complexity index is 370. The van der Waals surface area contributed by atoms with Crippen LogP contribution in [-0.4, -0.2) is 29.2 Å². The van der Waals surface area contributed by atoms with Gasteiger partial charge in [0.2, 0.25) is 0 Å². The van der Waals surface area contributed by atoms with Gasteiger partial charge in [-0.25, -0.2) is 0 Å². The summed E-state index contributed by atoms with van der Waals surface area (Å²) < 4.78 is 0. The molecule has 1 aliphatic heterocycles. The highest BCUT2D eigenvalue weighted by Gasteiger charge is 2.46. The van der Waals surface area contributed by atoms with Crippen molar-refractivity contribution in [3.05, 3.63) is 35.9 Å². The molecule has 1 aromatic rings. The lowest BCUT2D eigenvalue weighted by Crippen LogP contribution is -2.30. The van der Waals surface area contributed by atoms with Gasteiger partial charge in [-0.15, -0.1) is 0 Å². The number of hydrogen-bond acceptors (Lipinski definition) is 2. The average Bonchev–Trinajstić information content (AvgIpc) is 2.90. The van der Waals surface area contributed by atoms with Crippen molar-refractivity contribution in [2.45, 2.75) is 38.3 Å². The van der Waals surface area contributed by atoms with Crippen LogP contribution >= 0.6 is 0 Å². The smallest absolute Gasteiger partial charge is 0.0735 e. The first kappa shape index (κ1) is 11.2. The van der Waals surface area contributed by atoms with Gasteiger partial charge in [-0.1, -0.05) is 43.2 Å². The molecule has 0 aromatic heterocycles. The number of nitrogens with zero attached hydrogens (tertiary/aromatic N) is 1. The number of benzene rings is 1. The van der Waals surface area contributed by atoms with Crippen LogP contribution in [0.25, 0.3) is 0 Å². The summed E-state index contributed by atoms with van der Waals surface area (Å²) in [5, 5.41) is 10.3. The molecule has 1 saturated carbocycles. The molecule has 3 rings (SSSR count). The third-order valence-electron chi connectivity index (χ3n) is 4.52. The van der Waals surface area contributed by atoms with Crippen LogP contribution in [0.5, 0.6) is 0 Å². The molecule has 2 nitrogen and oxygen atoms in total. The number of likely N-dealkylation sites (tertiary alicyclic amines) is 1. The maximum atomic E-state index is 10.3. The Morgan fingerprint density at radius 3 is 2.59 bits per heavy atom. The van der Waals surface area contributed by atoms with Crippen molar-refractivity contribution >= 4 is 0 Å². The highest BCUT2D eigenvalue weighted by Crippen LogP contribution is 2.45. The molecule has 1 aromatic carbocycles. The summed E-state index contributed by atoms with van der Waals surface area (Å²) in [6.45, 7) is 2.93. The van der Waals surface area contributed by atoms with Crippen LogP contribution in [0.2, 0.25) is 0 Å². The van der Waals surface area contributed by atoms with E-state index in [1.807, 2.05) is 0 Å². The van der Waals surface area contributed by atoms with E-state index in [0.717, 1.165) is 19.6 Å². The maximum absolute atomic E-state index is 10.3. The molecule has 0 bridgehead atoms. The minimum absolute atomic E-state index is 0.103. The summed E-state index contributed by atoms with van der Waals surface area (Å²) >= 11 is 0. The van der Waals surface area contributed by atoms with Crippen molar-refractivity contribution in [2.24, 2.45) is 5.41 Å². The van der Waals surface area contributed by atoms with E-state index in [1.165, 1.54) is 31.2 Å².